The largest absolute Gasteiger partial charge is 0.469 e. The Labute approximate surface area is 111 Å². The first-order valence-corrected chi connectivity index (χ1v) is 6.04. The lowest BCUT2D eigenvalue weighted by Gasteiger charge is -2.37. The summed E-state index contributed by atoms with van der Waals surface area (Å²) in [5.74, 6) is -1.34. The molecule has 1 unspecified atom stereocenters. The van der Waals surface area contributed by atoms with Gasteiger partial charge >= 0.3 is 18.0 Å². The summed E-state index contributed by atoms with van der Waals surface area (Å²) in [6.45, 7) is 1.82. The van der Waals surface area contributed by atoms with Crippen LogP contribution in [0.1, 0.15) is 32.6 Å². The van der Waals surface area contributed by atoms with Crippen LogP contribution in [0, 0.1) is 0 Å². The van der Waals surface area contributed by atoms with Gasteiger partial charge in [0.1, 0.15) is 11.6 Å². The number of alkyl carbamates (subject to hydrolysis) is 1. The summed E-state index contributed by atoms with van der Waals surface area (Å²) in [6, 6.07) is -1.10. The zero-order valence-electron chi connectivity index (χ0n) is 11.4. The Hall–Kier alpha value is -1.79. The predicted molar refractivity (Wildman–Crippen MR) is 64.3 cm³/mol. The Bertz CT molecular complexity index is 363. The van der Waals surface area contributed by atoms with Crippen LogP contribution in [0.15, 0.2) is 0 Å². The number of hydrogen-bond acceptors (Lipinski definition) is 6. The average molecular weight is 273 g/mol. The Morgan fingerprint density at radius 2 is 1.84 bits per heavy atom. The number of rotatable bonds is 5. The second kappa shape index (κ2) is 6.40. The second-order valence-corrected chi connectivity index (χ2v) is 4.69. The minimum Gasteiger partial charge on any atom is -0.469 e. The molecule has 1 N–H and O–H groups in total. The number of ether oxygens (including phenoxy) is 3. The number of esters is 2. The molecule has 1 amide bonds. The fourth-order valence-electron chi connectivity index (χ4n) is 1.76. The molecule has 1 rings (SSSR count). The minimum atomic E-state index is -1.10. The van der Waals surface area contributed by atoms with Gasteiger partial charge in [-0.15, -0.1) is 0 Å². The van der Waals surface area contributed by atoms with Gasteiger partial charge in [-0.2, -0.15) is 0 Å². The first-order valence-electron chi connectivity index (χ1n) is 6.04. The lowest BCUT2D eigenvalue weighted by Crippen LogP contribution is -2.48. The van der Waals surface area contributed by atoms with E-state index >= 15 is 0 Å². The van der Waals surface area contributed by atoms with Gasteiger partial charge in [-0.3, -0.25) is 4.79 Å². The molecule has 0 radical (unpaired) electrons. The van der Waals surface area contributed by atoms with E-state index in [-0.39, 0.29) is 6.42 Å². The van der Waals surface area contributed by atoms with E-state index in [0.29, 0.717) is 0 Å². The van der Waals surface area contributed by atoms with Crippen molar-refractivity contribution >= 4 is 18.0 Å². The zero-order chi connectivity index (χ0) is 14.5. The van der Waals surface area contributed by atoms with E-state index in [1.165, 1.54) is 14.2 Å². The van der Waals surface area contributed by atoms with Crippen molar-refractivity contribution in [1.82, 2.24) is 5.32 Å². The van der Waals surface area contributed by atoms with Crippen molar-refractivity contribution in [2.75, 3.05) is 14.2 Å². The van der Waals surface area contributed by atoms with Gasteiger partial charge < -0.3 is 19.5 Å². The smallest absolute Gasteiger partial charge is 0.408 e. The Kier molecular flexibility index (Phi) is 5.14. The number of carbonyl (C=O) groups is 3. The summed E-state index contributed by atoms with van der Waals surface area (Å²) in [7, 11) is 2.37. The van der Waals surface area contributed by atoms with E-state index in [1.54, 1.807) is 0 Å². The van der Waals surface area contributed by atoms with Crippen LogP contribution < -0.4 is 5.32 Å². The highest BCUT2D eigenvalue weighted by atomic mass is 16.6. The van der Waals surface area contributed by atoms with Crippen molar-refractivity contribution in [3.8, 4) is 0 Å². The molecule has 1 aliphatic rings. The molecule has 0 aliphatic heterocycles. The zero-order valence-corrected chi connectivity index (χ0v) is 11.4. The molecular formula is C12H19NO6. The minimum absolute atomic E-state index is 0.297. The number of hydrogen-bond donors (Lipinski definition) is 1. The van der Waals surface area contributed by atoms with Crippen molar-refractivity contribution in [3.05, 3.63) is 0 Å². The van der Waals surface area contributed by atoms with Crippen LogP contribution in [0.25, 0.3) is 0 Å². The molecule has 0 saturated heterocycles. The van der Waals surface area contributed by atoms with Crippen molar-refractivity contribution in [2.45, 2.75) is 44.2 Å². The van der Waals surface area contributed by atoms with Crippen LogP contribution in [0.3, 0.4) is 0 Å². The first-order chi connectivity index (χ1) is 8.90. The lowest BCUT2D eigenvalue weighted by atomic mass is 9.82. The topological polar surface area (TPSA) is 90.9 Å². The Morgan fingerprint density at radius 3 is 2.26 bits per heavy atom. The fraction of sp³-hybridized carbons (Fsp3) is 0.750. The third kappa shape index (κ3) is 4.42. The summed E-state index contributed by atoms with van der Waals surface area (Å²) >= 11 is 0. The van der Waals surface area contributed by atoms with E-state index in [1.807, 2.05) is 6.92 Å². The summed E-state index contributed by atoms with van der Waals surface area (Å²) < 4.78 is 14.2. The standard InChI is InChI=1S/C12H19NO6/c1-12(5-4-6-12)19-11(16)13-8(10(15)18-3)7-9(14)17-2/h8H,4-7H2,1-3H3,(H,13,16). The number of methoxy groups -OCH3 is 2. The SMILES string of the molecule is COC(=O)CC(NC(=O)OC1(C)CCC1)C(=O)OC. The molecule has 1 aliphatic carbocycles. The highest BCUT2D eigenvalue weighted by Gasteiger charge is 2.37. The highest BCUT2D eigenvalue weighted by molar-refractivity contribution is 5.86. The van der Waals surface area contributed by atoms with Gasteiger partial charge in [-0.1, -0.05) is 0 Å². The Balaban J connectivity index is 2.53. The summed E-state index contributed by atoms with van der Waals surface area (Å²) in [6.07, 6.45) is 1.56. The maximum absolute atomic E-state index is 11.7. The van der Waals surface area contributed by atoms with Crippen LogP contribution in [-0.2, 0) is 23.8 Å². The van der Waals surface area contributed by atoms with E-state index in [2.05, 4.69) is 14.8 Å². The van der Waals surface area contributed by atoms with E-state index in [4.69, 9.17) is 4.74 Å². The molecule has 0 heterocycles. The van der Waals surface area contributed by atoms with Gasteiger partial charge in [0, 0.05) is 0 Å². The van der Waals surface area contributed by atoms with E-state index < -0.39 is 29.7 Å². The molecule has 7 nitrogen and oxygen atoms in total. The van der Waals surface area contributed by atoms with Crippen LogP contribution in [-0.4, -0.2) is 43.9 Å². The first kappa shape index (κ1) is 15.3. The third-order valence-electron chi connectivity index (χ3n) is 3.13. The van der Waals surface area contributed by atoms with Gasteiger partial charge in [0.25, 0.3) is 0 Å². The second-order valence-electron chi connectivity index (χ2n) is 4.69. The summed E-state index contributed by atoms with van der Waals surface area (Å²) in [4.78, 5) is 34.3. The van der Waals surface area contributed by atoms with Gasteiger partial charge in [0.2, 0.25) is 0 Å². The molecule has 0 aromatic heterocycles. The lowest BCUT2D eigenvalue weighted by molar-refractivity contribution is -0.149. The van der Waals surface area contributed by atoms with Crippen molar-refractivity contribution in [2.24, 2.45) is 0 Å². The highest BCUT2D eigenvalue weighted by Crippen LogP contribution is 2.34. The van der Waals surface area contributed by atoms with Crippen molar-refractivity contribution in [1.29, 1.82) is 0 Å². The average Bonchev–Trinajstić information content (AvgIpc) is 2.34. The van der Waals surface area contributed by atoms with Crippen molar-refractivity contribution in [3.63, 3.8) is 0 Å². The molecule has 1 atom stereocenters. The maximum atomic E-state index is 11.7. The monoisotopic (exact) mass is 273 g/mol. The summed E-state index contributed by atoms with van der Waals surface area (Å²) in [5.41, 5.74) is -0.476. The number of amides is 1. The molecule has 1 saturated carbocycles. The van der Waals surface area contributed by atoms with Gasteiger partial charge in [0.15, 0.2) is 0 Å². The maximum Gasteiger partial charge on any atom is 0.408 e. The quantitative estimate of drug-likeness (QED) is 0.587. The molecule has 0 aromatic carbocycles. The van der Waals surface area contributed by atoms with Gasteiger partial charge in [-0.25, -0.2) is 9.59 Å². The molecule has 1 fully saturated rings. The molecule has 0 bridgehead atoms. The van der Waals surface area contributed by atoms with E-state index in [9.17, 15) is 14.4 Å². The van der Waals surface area contributed by atoms with Crippen LogP contribution in [0.4, 0.5) is 4.79 Å². The molecule has 7 heteroatoms. The number of carbonyl (C=O) groups excluding carboxylic acids is 3. The third-order valence-corrected chi connectivity index (χ3v) is 3.13. The van der Waals surface area contributed by atoms with Gasteiger partial charge in [0.05, 0.1) is 20.6 Å². The van der Waals surface area contributed by atoms with Crippen LogP contribution >= 0.6 is 0 Å². The van der Waals surface area contributed by atoms with E-state index in [0.717, 1.165) is 19.3 Å². The molecule has 0 spiro atoms. The molecule has 0 aromatic rings. The number of nitrogens with one attached hydrogen (secondary N) is 1. The molecule has 19 heavy (non-hydrogen) atoms. The molecular weight excluding hydrogens is 254 g/mol. The van der Waals surface area contributed by atoms with Crippen molar-refractivity contribution < 1.29 is 28.6 Å². The van der Waals surface area contributed by atoms with Crippen LogP contribution in [0.2, 0.25) is 0 Å². The fourth-order valence-corrected chi connectivity index (χ4v) is 1.76. The molecule has 108 valence electrons. The Morgan fingerprint density at radius 1 is 1.21 bits per heavy atom. The van der Waals surface area contributed by atoms with Gasteiger partial charge in [-0.05, 0) is 26.2 Å². The normalized spacial score (nSPS) is 17.6. The summed E-state index contributed by atoms with van der Waals surface area (Å²) in [5, 5.41) is 2.32. The van der Waals surface area contributed by atoms with Crippen LogP contribution in [0.5, 0.6) is 0 Å². The predicted octanol–water partition coefficient (Wildman–Crippen LogP) is 0.760.